The molecule has 1 aromatic rings. The summed E-state index contributed by atoms with van der Waals surface area (Å²) in [5.41, 5.74) is -0.713. The number of benzene rings is 1. The molecule has 17 heavy (non-hydrogen) atoms. The minimum Gasteiger partial charge on any atom is -0.487 e. The summed E-state index contributed by atoms with van der Waals surface area (Å²) in [5.74, 6) is 0.204. The van der Waals surface area contributed by atoms with Crippen LogP contribution in [0.2, 0.25) is 0 Å². The van der Waals surface area contributed by atoms with E-state index in [-0.39, 0.29) is 11.9 Å². The topological polar surface area (TPSA) is 18.5 Å². The van der Waals surface area contributed by atoms with Crippen LogP contribution in [0.25, 0.3) is 0 Å². The fourth-order valence-corrected chi connectivity index (χ4v) is 1.90. The van der Waals surface area contributed by atoms with Gasteiger partial charge in [-0.25, -0.2) is 0 Å². The van der Waals surface area contributed by atoms with Crippen LogP contribution >= 0.6 is 15.9 Å². The molecule has 0 N–H and O–H groups in total. The van der Waals surface area contributed by atoms with Crippen molar-refractivity contribution in [3.63, 3.8) is 0 Å². The van der Waals surface area contributed by atoms with Gasteiger partial charge in [0.05, 0.1) is 23.2 Å². The third-order valence-electron chi connectivity index (χ3n) is 2.44. The van der Waals surface area contributed by atoms with Crippen molar-refractivity contribution < 1.29 is 22.6 Å². The molecule has 2 nitrogen and oxygen atoms in total. The highest BCUT2D eigenvalue weighted by molar-refractivity contribution is 9.10. The van der Waals surface area contributed by atoms with Crippen LogP contribution in [-0.2, 0) is 10.9 Å². The molecule has 0 unspecified atom stereocenters. The Morgan fingerprint density at radius 3 is 2.71 bits per heavy atom. The fraction of sp³-hybridized carbons (Fsp3) is 0.455. The van der Waals surface area contributed by atoms with E-state index >= 15 is 0 Å². The van der Waals surface area contributed by atoms with Crippen molar-refractivity contribution in [2.24, 2.45) is 0 Å². The largest absolute Gasteiger partial charge is 0.487 e. The molecule has 0 bridgehead atoms. The zero-order valence-electron chi connectivity index (χ0n) is 8.76. The molecule has 0 radical (unpaired) electrons. The highest BCUT2D eigenvalue weighted by Gasteiger charge is 2.31. The second kappa shape index (κ2) is 4.86. The van der Waals surface area contributed by atoms with Crippen LogP contribution in [0.15, 0.2) is 22.7 Å². The molecule has 1 saturated heterocycles. The molecule has 1 aliphatic rings. The minimum absolute atomic E-state index is 0.171. The summed E-state index contributed by atoms with van der Waals surface area (Å²) in [5, 5.41) is 0. The van der Waals surface area contributed by atoms with Crippen molar-refractivity contribution in [1.82, 2.24) is 0 Å². The Morgan fingerprint density at radius 1 is 1.35 bits per heavy atom. The van der Waals surface area contributed by atoms with E-state index in [9.17, 15) is 13.2 Å². The SMILES string of the molecule is FC(F)(F)c1ccc(Br)c(O[C@H]2CCOC2)c1. The number of hydrogen-bond acceptors (Lipinski definition) is 2. The number of hydrogen-bond donors (Lipinski definition) is 0. The molecule has 1 fully saturated rings. The highest BCUT2D eigenvalue weighted by atomic mass is 79.9. The van der Waals surface area contributed by atoms with E-state index in [0.717, 1.165) is 12.1 Å². The summed E-state index contributed by atoms with van der Waals surface area (Å²) >= 11 is 3.17. The first-order valence-electron chi connectivity index (χ1n) is 5.08. The smallest absolute Gasteiger partial charge is 0.416 e. The summed E-state index contributed by atoms with van der Waals surface area (Å²) in [6, 6.07) is 3.36. The van der Waals surface area contributed by atoms with Gasteiger partial charge < -0.3 is 9.47 Å². The Kier molecular flexibility index (Phi) is 3.63. The predicted octanol–water partition coefficient (Wildman–Crippen LogP) is 3.64. The third-order valence-corrected chi connectivity index (χ3v) is 3.10. The second-order valence-corrected chi connectivity index (χ2v) is 4.60. The lowest BCUT2D eigenvalue weighted by molar-refractivity contribution is -0.137. The van der Waals surface area contributed by atoms with E-state index in [4.69, 9.17) is 9.47 Å². The fourth-order valence-electron chi connectivity index (χ4n) is 1.56. The zero-order chi connectivity index (χ0) is 12.5. The van der Waals surface area contributed by atoms with Gasteiger partial charge in [-0.3, -0.25) is 0 Å². The average molecular weight is 311 g/mol. The third kappa shape index (κ3) is 3.13. The van der Waals surface area contributed by atoms with Gasteiger partial charge in [-0.05, 0) is 34.1 Å². The van der Waals surface area contributed by atoms with Crippen LogP contribution in [0.5, 0.6) is 5.75 Å². The maximum Gasteiger partial charge on any atom is 0.416 e. The zero-order valence-corrected chi connectivity index (χ0v) is 10.3. The lowest BCUT2D eigenvalue weighted by Crippen LogP contribution is -2.16. The standard InChI is InChI=1S/C11H10BrF3O2/c12-9-2-1-7(11(13,14)15)5-10(9)17-8-3-4-16-6-8/h1-2,5,8H,3-4,6H2/t8-/m0/s1. The van der Waals surface area contributed by atoms with Gasteiger partial charge in [-0.1, -0.05) is 0 Å². The van der Waals surface area contributed by atoms with Gasteiger partial charge in [0.25, 0.3) is 0 Å². The van der Waals surface area contributed by atoms with Crippen LogP contribution in [-0.4, -0.2) is 19.3 Å². The molecule has 1 aromatic carbocycles. The summed E-state index contributed by atoms with van der Waals surface area (Å²) in [4.78, 5) is 0. The molecule has 1 aliphatic heterocycles. The summed E-state index contributed by atoms with van der Waals surface area (Å²) < 4.78 is 48.6. The quantitative estimate of drug-likeness (QED) is 0.830. The first-order valence-corrected chi connectivity index (χ1v) is 5.87. The van der Waals surface area contributed by atoms with E-state index in [0.29, 0.717) is 24.1 Å². The monoisotopic (exact) mass is 310 g/mol. The Hall–Kier alpha value is -0.750. The molecule has 94 valence electrons. The lowest BCUT2D eigenvalue weighted by Gasteiger charge is -2.15. The van der Waals surface area contributed by atoms with E-state index < -0.39 is 11.7 Å². The Balaban J connectivity index is 2.20. The average Bonchev–Trinajstić information content (AvgIpc) is 2.72. The van der Waals surface area contributed by atoms with Crippen LogP contribution in [0.4, 0.5) is 13.2 Å². The second-order valence-electron chi connectivity index (χ2n) is 3.75. The van der Waals surface area contributed by atoms with E-state index in [1.54, 1.807) is 0 Å². The molecule has 0 spiro atoms. The molecule has 1 atom stereocenters. The van der Waals surface area contributed by atoms with Crippen molar-refractivity contribution >= 4 is 15.9 Å². The van der Waals surface area contributed by atoms with Crippen molar-refractivity contribution in [3.8, 4) is 5.75 Å². The van der Waals surface area contributed by atoms with Gasteiger partial charge in [0.2, 0.25) is 0 Å². The van der Waals surface area contributed by atoms with E-state index in [1.165, 1.54) is 6.07 Å². The van der Waals surface area contributed by atoms with Crippen LogP contribution in [0.1, 0.15) is 12.0 Å². The van der Waals surface area contributed by atoms with Gasteiger partial charge in [0.15, 0.2) is 0 Å². The maximum absolute atomic E-state index is 12.5. The number of rotatable bonds is 2. The lowest BCUT2D eigenvalue weighted by atomic mass is 10.2. The summed E-state index contributed by atoms with van der Waals surface area (Å²) in [7, 11) is 0. The van der Waals surface area contributed by atoms with Gasteiger partial charge in [0, 0.05) is 6.42 Å². The minimum atomic E-state index is -4.36. The van der Waals surface area contributed by atoms with Crippen LogP contribution in [0, 0.1) is 0 Å². The highest BCUT2D eigenvalue weighted by Crippen LogP contribution is 2.35. The van der Waals surface area contributed by atoms with E-state index in [1.807, 2.05) is 0 Å². The van der Waals surface area contributed by atoms with Crippen molar-refractivity contribution in [1.29, 1.82) is 0 Å². The van der Waals surface area contributed by atoms with Crippen LogP contribution in [0.3, 0.4) is 0 Å². The molecular weight excluding hydrogens is 301 g/mol. The van der Waals surface area contributed by atoms with Crippen molar-refractivity contribution in [2.45, 2.75) is 18.7 Å². The van der Waals surface area contributed by atoms with Gasteiger partial charge in [-0.15, -0.1) is 0 Å². The van der Waals surface area contributed by atoms with E-state index in [2.05, 4.69) is 15.9 Å². The van der Waals surface area contributed by atoms with Crippen LogP contribution < -0.4 is 4.74 Å². The Morgan fingerprint density at radius 2 is 2.12 bits per heavy atom. The summed E-state index contributed by atoms with van der Waals surface area (Å²) in [6.45, 7) is 1.00. The number of ether oxygens (including phenoxy) is 2. The van der Waals surface area contributed by atoms with Crippen molar-refractivity contribution in [2.75, 3.05) is 13.2 Å². The predicted molar refractivity (Wildman–Crippen MR) is 59.0 cm³/mol. The summed E-state index contributed by atoms with van der Waals surface area (Å²) in [6.07, 6.45) is -3.83. The van der Waals surface area contributed by atoms with Gasteiger partial charge in [-0.2, -0.15) is 13.2 Å². The Labute approximate surface area is 105 Å². The Bertz CT molecular complexity index is 400. The molecule has 6 heteroatoms. The maximum atomic E-state index is 12.5. The van der Waals surface area contributed by atoms with Gasteiger partial charge >= 0.3 is 6.18 Å². The molecule has 0 saturated carbocycles. The molecule has 1 heterocycles. The van der Waals surface area contributed by atoms with Crippen molar-refractivity contribution in [3.05, 3.63) is 28.2 Å². The first kappa shape index (κ1) is 12.7. The molecular formula is C11H10BrF3O2. The number of halogens is 4. The normalized spacial score (nSPS) is 20.6. The first-order chi connectivity index (χ1) is 7.97. The number of alkyl halides is 3. The molecule has 2 rings (SSSR count). The molecule has 0 aromatic heterocycles. The van der Waals surface area contributed by atoms with Gasteiger partial charge in [0.1, 0.15) is 11.9 Å². The molecule has 0 aliphatic carbocycles. The molecule has 0 amide bonds.